The third kappa shape index (κ3) is 1.75. The Balaban J connectivity index is 2.11. The van der Waals surface area contributed by atoms with E-state index in [2.05, 4.69) is 71.3 Å². The maximum absolute atomic E-state index is 3.59. The highest BCUT2D eigenvalue weighted by atomic mass is 15.3. The Labute approximate surface area is 102 Å². The number of hydrogen-bond acceptors (Lipinski definition) is 2. The van der Waals surface area contributed by atoms with Gasteiger partial charge in [-0.25, -0.2) is 0 Å². The summed E-state index contributed by atoms with van der Waals surface area (Å²) in [5, 5.41) is 7.18. The van der Waals surface area contributed by atoms with Crippen molar-refractivity contribution in [2.75, 3.05) is 13.1 Å². The van der Waals surface area contributed by atoms with Gasteiger partial charge in [-0.05, 0) is 11.1 Å². The second-order valence-corrected chi connectivity index (χ2v) is 4.34. The van der Waals surface area contributed by atoms with Gasteiger partial charge in [0.05, 0.1) is 0 Å². The van der Waals surface area contributed by atoms with Gasteiger partial charge in [0.2, 0.25) is 0 Å². The van der Waals surface area contributed by atoms with Crippen LogP contribution in [0.2, 0.25) is 0 Å². The highest BCUT2D eigenvalue weighted by Crippen LogP contribution is 2.28. The molecule has 0 unspecified atom stereocenters. The minimum atomic E-state index is -0.220. The van der Waals surface area contributed by atoms with E-state index in [0.717, 1.165) is 13.1 Å². The van der Waals surface area contributed by atoms with E-state index >= 15 is 0 Å². The standard InChI is InChI=1S/C15H16N2/c1-3-7-13(8-4-1)15(16-11-12-17-15)14-9-5-2-6-10-14/h1-10,16-17H,11-12H2. The van der Waals surface area contributed by atoms with Gasteiger partial charge in [0, 0.05) is 13.1 Å². The molecule has 2 aromatic carbocycles. The van der Waals surface area contributed by atoms with Crippen LogP contribution in [0, 0.1) is 0 Å². The summed E-state index contributed by atoms with van der Waals surface area (Å²) in [5.41, 5.74) is 2.31. The number of benzene rings is 2. The monoisotopic (exact) mass is 224 g/mol. The molecule has 0 amide bonds. The van der Waals surface area contributed by atoms with Crippen molar-refractivity contribution in [1.82, 2.24) is 10.6 Å². The SMILES string of the molecule is c1ccc(C2(c3ccccc3)NCCN2)cc1. The normalized spacial score (nSPS) is 18.1. The molecule has 0 spiro atoms. The number of rotatable bonds is 2. The van der Waals surface area contributed by atoms with Crippen LogP contribution >= 0.6 is 0 Å². The van der Waals surface area contributed by atoms with E-state index in [1.54, 1.807) is 0 Å². The Morgan fingerprint density at radius 2 is 1.06 bits per heavy atom. The van der Waals surface area contributed by atoms with Gasteiger partial charge in [-0.15, -0.1) is 0 Å². The lowest BCUT2D eigenvalue weighted by Gasteiger charge is -2.31. The fourth-order valence-electron chi connectivity index (χ4n) is 2.51. The van der Waals surface area contributed by atoms with E-state index in [0.29, 0.717) is 0 Å². The van der Waals surface area contributed by atoms with Gasteiger partial charge in [0.1, 0.15) is 5.66 Å². The van der Waals surface area contributed by atoms with E-state index in [1.807, 2.05) is 0 Å². The van der Waals surface area contributed by atoms with Crippen LogP contribution < -0.4 is 10.6 Å². The second-order valence-electron chi connectivity index (χ2n) is 4.34. The highest BCUT2D eigenvalue weighted by molar-refractivity contribution is 5.38. The van der Waals surface area contributed by atoms with Crippen molar-refractivity contribution >= 4 is 0 Å². The van der Waals surface area contributed by atoms with Crippen molar-refractivity contribution in [1.29, 1.82) is 0 Å². The first-order valence-electron chi connectivity index (χ1n) is 6.03. The molecule has 2 heteroatoms. The first kappa shape index (κ1) is 10.5. The Kier molecular flexibility index (Phi) is 2.67. The zero-order valence-electron chi connectivity index (χ0n) is 9.69. The van der Waals surface area contributed by atoms with Crippen molar-refractivity contribution in [3.63, 3.8) is 0 Å². The van der Waals surface area contributed by atoms with Gasteiger partial charge in [-0.1, -0.05) is 60.7 Å². The maximum atomic E-state index is 3.59. The largest absolute Gasteiger partial charge is 0.290 e. The first-order valence-corrected chi connectivity index (χ1v) is 6.03. The molecule has 0 aliphatic carbocycles. The summed E-state index contributed by atoms with van der Waals surface area (Å²) in [6.45, 7) is 1.98. The van der Waals surface area contributed by atoms with Crippen molar-refractivity contribution in [2.24, 2.45) is 0 Å². The van der Waals surface area contributed by atoms with E-state index < -0.39 is 0 Å². The Hall–Kier alpha value is -1.64. The maximum Gasteiger partial charge on any atom is 0.121 e. The fourth-order valence-corrected chi connectivity index (χ4v) is 2.51. The van der Waals surface area contributed by atoms with Gasteiger partial charge in [0.25, 0.3) is 0 Å². The molecule has 0 atom stereocenters. The van der Waals surface area contributed by atoms with Crippen LogP contribution in [0.5, 0.6) is 0 Å². The lowest BCUT2D eigenvalue weighted by molar-refractivity contribution is 0.424. The fraction of sp³-hybridized carbons (Fsp3) is 0.200. The molecule has 0 bridgehead atoms. The third-order valence-electron chi connectivity index (χ3n) is 3.32. The molecular formula is C15H16N2. The molecule has 1 heterocycles. The molecule has 0 saturated carbocycles. The Morgan fingerprint density at radius 3 is 1.47 bits per heavy atom. The van der Waals surface area contributed by atoms with Crippen LogP contribution in [0.1, 0.15) is 11.1 Å². The molecule has 2 aromatic rings. The predicted molar refractivity (Wildman–Crippen MR) is 69.7 cm³/mol. The molecular weight excluding hydrogens is 208 g/mol. The lowest BCUT2D eigenvalue weighted by atomic mass is 9.92. The van der Waals surface area contributed by atoms with Crippen molar-refractivity contribution in [2.45, 2.75) is 5.66 Å². The molecule has 17 heavy (non-hydrogen) atoms. The van der Waals surface area contributed by atoms with Gasteiger partial charge in [0.15, 0.2) is 0 Å². The Bertz CT molecular complexity index is 431. The molecule has 0 radical (unpaired) electrons. The summed E-state index contributed by atoms with van der Waals surface area (Å²) in [7, 11) is 0. The average Bonchev–Trinajstić information content (AvgIpc) is 2.91. The van der Waals surface area contributed by atoms with Crippen LogP contribution in [0.25, 0.3) is 0 Å². The van der Waals surface area contributed by atoms with Crippen molar-refractivity contribution in [3.8, 4) is 0 Å². The lowest BCUT2D eigenvalue weighted by Crippen LogP contribution is -2.46. The zero-order valence-corrected chi connectivity index (χ0v) is 9.69. The minimum absolute atomic E-state index is 0.220. The van der Waals surface area contributed by atoms with Crippen LogP contribution in [0.3, 0.4) is 0 Å². The molecule has 1 fully saturated rings. The summed E-state index contributed by atoms with van der Waals surface area (Å²) in [6.07, 6.45) is 0. The smallest absolute Gasteiger partial charge is 0.121 e. The molecule has 0 aromatic heterocycles. The van der Waals surface area contributed by atoms with Crippen molar-refractivity contribution < 1.29 is 0 Å². The summed E-state index contributed by atoms with van der Waals surface area (Å²) in [5.74, 6) is 0. The molecule has 1 aliphatic rings. The summed E-state index contributed by atoms with van der Waals surface area (Å²) in [4.78, 5) is 0. The topological polar surface area (TPSA) is 24.1 Å². The third-order valence-corrected chi connectivity index (χ3v) is 3.32. The number of nitrogens with one attached hydrogen (secondary N) is 2. The van der Waals surface area contributed by atoms with E-state index in [-0.39, 0.29) is 5.66 Å². The van der Waals surface area contributed by atoms with E-state index in [9.17, 15) is 0 Å². The predicted octanol–water partition coefficient (Wildman–Crippen LogP) is 2.08. The van der Waals surface area contributed by atoms with E-state index in [4.69, 9.17) is 0 Å². The Morgan fingerprint density at radius 1 is 0.647 bits per heavy atom. The molecule has 2 N–H and O–H groups in total. The quantitative estimate of drug-likeness (QED) is 0.816. The number of hydrogen-bond donors (Lipinski definition) is 2. The molecule has 1 saturated heterocycles. The highest BCUT2D eigenvalue weighted by Gasteiger charge is 2.36. The van der Waals surface area contributed by atoms with Gasteiger partial charge in [-0.2, -0.15) is 0 Å². The average molecular weight is 224 g/mol. The molecule has 2 nitrogen and oxygen atoms in total. The van der Waals surface area contributed by atoms with Crippen LogP contribution in [0.15, 0.2) is 60.7 Å². The van der Waals surface area contributed by atoms with Gasteiger partial charge in [-0.3, -0.25) is 10.6 Å². The minimum Gasteiger partial charge on any atom is -0.290 e. The summed E-state index contributed by atoms with van der Waals surface area (Å²) >= 11 is 0. The van der Waals surface area contributed by atoms with E-state index in [1.165, 1.54) is 11.1 Å². The van der Waals surface area contributed by atoms with Gasteiger partial charge >= 0.3 is 0 Å². The molecule has 3 rings (SSSR count). The van der Waals surface area contributed by atoms with Crippen LogP contribution in [-0.4, -0.2) is 13.1 Å². The first-order chi connectivity index (χ1) is 8.42. The molecule has 86 valence electrons. The zero-order chi connectivity index (χ0) is 11.6. The van der Waals surface area contributed by atoms with Crippen LogP contribution in [0.4, 0.5) is 0 Å². The summed E-state index contributed by atoms with van der Waals surface area (Å²) in [6, 6.07) is 21.1. The second kappa shape index (κ2) is 4.32. The van der Waals surface area contributed by atoms with Crippen LogP contribution in [-0.2, 0) is 5.66 Å². The summed E-state index contributed by atoms with van der Waals surface area (Å²) < 4.78 is 0. The molecule has 1 aliphatic heterocycles. The van der Waals surface area contributed by atoms with Crippen molar-refractivity contribution in [3.05, 3.63) is 71.8 Å². The van der Waals surface area contributed by atoms with Gasteiger partial charge < -0.3 is 0 Å².